The molecule has 1 atom stereocenters. The Hall–Kier alpha value is -3.79. The van der Waals surface area contributed by atoms with Crippen LogP contribution in [-0.2, 0) is 4.74 Å². The van der Waals surface area contributed by atoms with Crippen molar-refractivity contribution >= 4 is 17.3 Å². The highest BCUT2D eigenvalue weighted by Crippen LogP contribution is 2.27. The normalized spacial score (nSPS) is 11.7. The van der Waals surface area contributed by atoms with E-state index >= 15 is 0 Å². The van der Waals surface area contributed by atoms with E-state index in [9.17, 15) is 14.9 Å². The van der Waals surface area contributed by atoms with Gasteiger partial charge in [0.2, 0.25) is 5.89 Å². The first-order valence-electron chi connectivity index (χ1n) is 9.13. The van der Waals surface area contributed by atoms with Crippen LogP contribution in [0.2, 0.25) is 0 Å². The van der Waals surface area contributed by atoms with Gasteiger partial charge >= 0.3 is 5.97 Å². The number of anilines is 1. The summed E-state index contributed by atoms with van der Waals surface area (Å²) in [6, 6.07) is 11.2. The van der Waals surface area contributed by atoms with Crippen LogP contribution in [0.5, 0.6) is 0 Å². The number of aryl methyl sites for hydroxylation is 1. The molecule has 0 amide bonds. The molecule has 0 bridgehead atoms. The molecule has 1 heterocycles. The molecule has 0 radical (unpaired) electrons. The van der Waals surface area contributed by atoms with E-state index in [4.69, 9.17) is 14.3 Å². The van der Waals surface area contributed by atoms with Crippen LogP contribution in [0.15, 0.2) is 46.9 Å². The second-order valence-corrected chi connectivity index (χ2v) is 6.50. The third-order valence-electron chi connectivity index (χ3n) is 4.23. The lowest BCUT2D eigenvalue weighted by Gasteiger charge is -2.13. The Morgan fingerprint density at radius 2 is 2.00 bits per heavy atom. The predicted octanol–water partition coefficient (Wildman–Crippen LogP) is 3.28. The Balaban J connectivity index is 1.79. The largest absolute Gasteiger partial charge is 0.449 e. The fraction of sp³-hybridized carbons (Fsp3) is 0.250. The van der Waals surface area contributed by atoms with E-state index in [1.165, 1.54) is 12.1 Å². The SMILES string of the molecule is Cc1ccc(-c2nnc([C@H](C)OC(=O)c3cc([N+](=O)[O-])ccc3NCCO)o2)cc1. The summed E-state index contributed by atoms with van der Waals surface area (Å²) in [6.07, 6.45) is -0.880. The van der Waals surface area contributed by atoms with Gasteiger partial charge in [-0.15, -0.1) is 10.2 Å². The highest BCUT2D eigenvalue weighted by atomic mass is 16.6. The van der Waals surface area contributed by atoms with Crippen molar-refractivity contribution in [2.75, 3.05) is 18.5 Å². The van der Waals surface area contributed by atoms with Gasteiger partial charge in [-0.1, -0.05) is 17.7 Å². The van der Waals surface area contributed by atoms with Gasteiger partial charge in [0.25, 0.3) is 11.6 Å². The van der Waals surface area contributed by atoms with E-state index < -0.39 is 17.0 Å². The number of nitrogens with one attached hydrogen (secondary N) is 1. The van der Waals surface area contributed by atoms with Gasteiger partial charge in [-0.05, 0) is 32.0 Å². The van der Waals surface area contributed by atoms with E-state index in [-0.39, 0.29) is 36.2 Å². The number of aromatic nitrogens is 2. The number of rotatable bonds is 8. The van der Waals surface area contributed by atoms with Crippen LogP contribution < -0.4 is 5.32 Å². The minimum absolute atomic E-state index is 0.0391. The first-order valence-corrected chi connectivity index (χ1v) is 9.13. The van der Waals surface area contributed by atoms with Gasteiger partial charge in [0.15, 0.2) is 6.10 Å². The monoisotopic (exact) mass is 412 g/mol. The maximum absolute atomic E-state index is 12.7. The number of benzene rings is 2. The third-order valence-corrected chi connectivity index (χ3v) is 4.23. The van der Waals surface area contributed by atoms with Crippen LogP contribution in [0, 0.1) is 17.0 Å². The molecule has 156 valence electrons. The summed E-state index contributed by atoms with van der Waals surface area (Å²) < 4.78 is 11.0. The van der Waals surface area contributed by atoms with Crippen molar-refractivity contribution < 1.29 is 24.0 Å². The fourth-order valence-corrected chi connectivity index (χ4v) is 2.65. The Morgan fingerprint density at radius 3 is 2.67 bits per heavy atom. The van der Waals surface area contributed by atoms with Crippen molar-refractivity contribution in [1.82, 2.24) is 10.2 Å². The molecule has 30 heavy (non-hydrogen) atoms. The number of aliphatic hydroxyl groups excluding tert-OH is 1. The average molecular weight is 412 g/mol. The lowest BCUT2D eigenvalue weighted by atomic mass is 10.1. The van der Waals surface area contributed by atoms with E-state index in [0.717, 1.165) is 17.2 Å². The number of nitro groups is 1. The first kappa shape index (κ1) is 20.9. The van der Waals surface area contributed by atoms with E-state index in [1.807, 2.05) is 31.2 Å². The van der Waals surface area contributed by atoms with Gasteiger partial charge in [0, 0.05) is 29.9 Å². The molecule has 3 aromatic rings. The molecule has 1 aromatic heterocycles. The minimum Gasteiger partial charge on any atom is -0.449 e. The van der Waals surface area contributed by atoms with E-state index in [1.54, 1.807) is 6.92 Å². The summed E-state index contributed by atoms with van der Waals surface area (Å²) in [4.78, 5) is 23.1. The van der Waals surface area contributed by atoms with E-state index in [0.29, 0.717) is 5.69 Å². The average Bonchev–Trinajstić information content (AvgIpc) is 3.23. The van der Waals surface area contributed by atoms with Crippen molar-refractivity contribution in [3.8, 4) is 11.5 Å². The van der Waals surface area contributed by atoms with Crippen LogP contribution in [0.1, 0.15) is 34.8 Å². The van der Waals surface area contributed by atoms with Crippen molar-refractivity contribution in [3.05, 3.63) is 69.6 Å². The van der Waals surface area contributed by atoms with Crippen LogP contribution in [0.3, 0.4) is 0 Å². The van der Waals surface area contributed by atoms with Gasteiger partial charge in [-0.3, -0.25) is 10.1 Å². The van der Waals surface area contributed by atoms with Gasteiger partial charge in [-0.25, -0.2) is 4.79 Å². The number of esters is 1. The predicted molar refractivity (Wildman–Crippen MR) is 107 cm³/mol. The maximum atomic E-state index is 12.7. The summed E-state index contributed by atoms with van der Waals surface area (Å²) in [5, 5.41) is 30.8. The molecule has 10 nitrogen and oxygen atoms in total. The number of carbonyl (C=O) groups is 1. The summed E-state index contributed by atoms with van der Waals surface area (Å²) in [7, 11) is 0. The molecule has 2 aromatic carbocycles. The molecular formula is C20H20N4O6. The molecule has 0 aliphatic rings. The lowest BCUT2D eigenvalue weighted by molar-refractivity contribution is -0.384. The van der Waals surface area contributed by atoms with Gasteiger partial charge in [-0.2, -0.15) is 0 Å². The number of aliphatic hydroxyl groups is 1. The quantitative estimate of drug-likeness (QED) is 0.324. The number of nitrogens with zero attached hydrogens (tertiary/aromatic N) is 3. The molecule has 3 rings (SSSR count). The third kappa shape index (κ3) is 4.78. The fourth-order valence-electron chi connectivity index (χ4n) is 2.65. The maximum Gasteiger partial charge on any atom is 0.341 e. The Labute approximate surface area is 171 Å². The first-order chi connectivity index (χ1) is 14.4. The Kier molecular flexibility index (Phi) is 6.38. The molecule has 0 aliphatic heterocycles. The van der Waals surface area contributed by atoms with Crippen LogP contribution >= 0.6 is 0 Å². The zero-order valence-corrected chi connectivity index (χ0v) is 16.4. The molecule has 0 saturated heterocycles. The Bertz CT molecular complexity index is 1050. The van der Waals surface area contributed by atoms with Crippen molar-refractivity contribution in [1.29, 1.82) is 0 Å². The second kappa shape index (κ2) is 9.14. The molecule has 0 saturated carbocycles. The molecule has 10 heteroatoms. The molecule has 2 N–H and O–H groups in total. The number of hydrogen-bond donors (Lipinski definition) is 2. The molecule has 0 fully saturated rings. The zero-order chi connectivity index (χ0) is 21.7. The standard InChI is InChI=1S/C20H20N4O6/c1-12-3-5-14(6-4-12)19-23-22-18(30-19)13(2)29-20(26)16-11-15(24(27)28)7-8-17(16)21-9-10-25/h3-8,11,13,21,25H,9-10H2,1-2H3/t13-/m0/s1. The van der Waals surface area contributed by atoms with Gasteiger partial charge < -0.3 is 19.6 Å². The lowest BCUT2D eigenvalue weighted by Crippen LogP contribution is -2.14. The second-order valence-electron chi connectivity index (χ2n) is 6.50. The number of nitro benzene ring substituents is 1. The van der Waals surface area contributed by atoms with Crippen molar-refractivity contribution in [2.24, 2.45) is 0 Å². The topological polar surface area (TPSA) is 141 Å². The van der Waals surface area contributed by atoms with Crippen molar-refractivity contribution in [3.63, 3.8) is 0 Å². The number of ether oxygens (including phenoxy) is 1. The number of carbonyl (C=O) groups excluding carboxylic acids is 1. The summed E-state index contributed by atoms with van der Waals surface area (Å²) in [5.74, 6) is -0.426. The van der Waals surface area contributed by atoms with Crippen molar-refractivity contribution in [2.45, 2.75) is 20.0 Å². The smallest absolute Gasteiger partial charge is 0.341 e. The highest BCUT2D eigenvalue weighted by molar-refractivity contribution is 5.96. The summed E-state index contributed by atoms with van der Waals surface area (Å²) in [6.45, 7) is 3.51. The number of non-ortho nitro benzene ring substituents is 1. The molecule has 0 aliphatic carbocycles. The highest BCUT2D eigenvalue weighted by Gasteiger charge is 2.23. The number of hydrogen-bond acceptors (Lipinski definition) is 9. The van der Waals surface area contributed by atoms with Gasteiger partial charge in [0.1, 0.15) is 0 Å². The van der Waals surface area contributed by atoms with Crippen LogP contribution in [0.4, 0.5) is 11.4 Å². The van der Waals surface area contributed by atoms with E-state index in [2.05, 4.69) is 15.5 Å². The molecule has 0 spiro atoms. The minimum atomic E-state index is -0.880. The van der Waals surface area contributed by atoms with Gasteiger partial charge in [0.05, 0.1) is 17.1 Å². The van der Waals surface area contributed by atoms with Crippen LogP contribution in [-0.4, -0.2) is 39.3 Å². The molecular weight excluding hydrogens is 392 g/mol. The van der Waals surface area contributed by atoms with Crippen LogP contribution in [0.25, 0.3) is 11.5 Å². The summed E-state index contributed by atoms with van der Waals surface area (Å²) >= 11 is 0. The summed E-state index contributed by atoms with van der Waals surface area (Å²) in [5.41, 5.74) is 1.82. The Morgan fingerprint density at radius 1 is 1.27 bits per heavy atom. The molecule has 0 unspecified atom stereocenters. The zero-order valence-electron chi connectivity index (χ0n) is 16.4.